The van der Waals surface area contributed by atoms with Gasteiger partial charge in [-0.2, -0.15) is 5.06 Å². The van der Waals surface area contributed by atoms with Crippen LogP contribution in [0.25, 0.3) is 0 Å². The van der Waals surface area contributed by atoms with Crippen LogP contribution in [0.15, 0.2) is 48.6 Å². The molecule has 0 saturated heterocycles. The second-order valence-corrected chi connectivity index (χ2v) is 10.5. The number of nitrogens with zero attached hydrogens (tertiary/aromatic N) is 1. The lowest BCUT2D eigenvalue weighted by Crippen LogP contribution is -2.89. The van der Waals surface area contributed by atoms with Gasteiger partial charge in [-0.15, -0.1) is 0 Å². The van der Waals surface area contributed by atoms with Crippen LogP contribution in [0.4, 0.5) is 0 Å². The molecule has 0 spiro atoms. The van der Waals surface area contributed by atoms with Crippen molar-refractivity contribution >= 4 is 14.0 Å². The summed E-state index contributed by atoms with van der Waals surface area (Å²) in [4.78, 5) is 3.61. The van der Waals surface area contributed by atoms with E-state index in [1.54, 1.807) is 0 Å². The molecule has 0 bridgehead atoms. The first-order chi connectivity index (χ1) is 9.04. The molecule has 0 saturated carbocycles. The van der Waals surface area contributed by atoms with E-state index in [4.69, 9.17) is 4.53 Å². The molecule has 1 aliphatic heterocycles. The van der Waals surface area contributed by atoms with E-state index in [0.29, 0.717) is 6.04 Å². The maximum absolute atomic E-state index is 6.36. The monoisotopic (exact) mass is 273 g/mol. The van der Waals surface area contributed by atoms with Crippen LogP contribution in [0.1, 0.15) is 0 Å². The fraction of sp³-hybridized carbons (Fsp3) is 0.400. The molecule has 2 aliphatic carbocycles. The molecule has 1 N–H and O–H groups in total. The average Bonchev–Trinajstić information content (AvgIpc) is 2.37. The van der Waals surface area contributed by atoms with Crippen molar-refractivity contribution in [3.63, 3.8) is 0 Å². The molecule has 3 aliphatic rings. The molecule has 0 aromatic rings. The molecule has 3 atom stereocenters. The summed E-state index contributed by atoms with van der Waals surface area (Å²) in [5, 5.41) is 2.18. The number of nitrogens with one attached hydrogen (secondary N) is 1. The van der Waals surface area contributed by atoms with Gasteiger partial charge in [-0.05, 0) is 25.7 Å². The second-order valence-electron chi connectivity index (χ2n) is 6.14. The summed E-state index contributed by atoms with van der Waals surface area (Å²) in [6.45, 7) is 6.69. The molecular formula is C15H21N2OSi+. The van der Waals surface area contributed by atoms with Gasteiger partial charge >= 0.3 is 0 Å². The topological polar surface area (TPSA) is 26.4 Å². The Morgan fingerprint density at radius 2 is 1.79 bits per heavy atom. The fourth-order valence-electron chi connectivity index (χ4n) is 2.67. The van der Waals surface area contributed by atoms with Gasteiger partial charge in [0.2, 0.25) is 8.32 Å². The first kappa shape index (κ1) is 12.8. The molecule has 0 amide bonds. The number of rotatable bonds is 2. The summed E-state index contributed by atoms with van der Waals surface area (Å²) in [5.74, 6) is 0. The van der Waals surface area contributed by atoms with Gasteiger partial charge in [-0.1, -0.05) is 36.5 Å². The van der Waals surface area contributed by atoms with Gasteiger partial charge in [-0.25, -0.2) is 4.99 Å². The molecule has 100 valence electrons. The van der Waals surface area contributed by atoms with Crippen molar-refractivity contribution in [2.75, 3.05) is 0 Å². The Morgan fingerprint density at radius 1 is 1.05 bits per heavy atom. The van der Waals surface area contributed by atoms with Crippen molar-refractivity contribution in [1.82, 2.24) is 5.06 Å². The van der Waals surface area contributed by atoms with Gasteiger partial charge in [0.15, 0.2) is 11.8 Å². The molecule has 19 heavy (non-hydrogen) atoms. The molecule has 0 fully saturated rings. The number of fused-ring (bicyclic) bond motifs is 2. The maximum atomic E-state index is 6.36. The summed E-state index contributed by atoms with van der Waals surface area (Å²) in [6.07, 6.45) is 17.2. The van der Waals surface area contributed by atoms with Crippen LogP contribution in [-0.4, -0.2) is 37.2 Å². The molecular weight excluding hydrogens is 252 g/mol. The highest BCUT2D eigenvalue weighted by Gasteiger charge is 2.43. The van der Waals surface area contributed by atoms with Crippen molar-refractivity contribution in [2.45, 2.75) is 37.8 Å². The Hall–Kier alpha value is -1.23. The quantitative estimate of drug-likeness (QED) is 0.758. The van der Waals surface area contributed by atoms with Crippen LogP contribution in [0, 0.1) is 0 Å². The Bertz CT molecular complexity index is 511. The second kappa shape index (κ2) is 4.70. The van der Waals surface area contributed by atoms with Gasteiger partial charge in [-0.3, -0.25) is 0 Å². The molecule has 0 aromatic heterocycles. The lowest BCUT2D eigenvalue weighted by molar-refractivity contribution is -0.512. The third-order valence-electron chi connectivity index (χ3n) is 3.39. The molecule has 3 nitrogen and oxygen atoms in total. The highest BCUT2D eigenvalue weighted by Crippen LogP contribution is 2.23. The van der Waals surface area contributed by atoms with Crippen molar-refractivity contribution < 1.29 is 9.52 Å². The summed E-state index contributed by atoms with van der Waals surface area (Å²) < 4.78 is 6.36. The van der Waals surface area contributed by atoms with Gasteiger partial charge in [0.05, 0.1) is 0 Å². The van der Waals surface area contributed by atoms with Gasteiger partial charge < -0.3 is 4.53 Å². The van der Waals surface area contributed by atoms with E-state index >= 15 is 0 Å². The van der Waals surface area contributed by atoms with Crippen molar-refractivity contribution in [1.29, 1.82) is 0 Å². The fourth-order valence-corrected chi connectivity index (χ4v) is 3.54. The number of hydroxylamine groups is 2. The van der Waals surface area contributed by atoms with Crippen molar-refractivity contribution in [3.8, 4) is 0 Å². The highest BCUT2D eigenvalue weighted by atomic mass is 28.4. The molecule has 4 heteroatoms. The Kier molecular flexibility index (Phi) is 3.16. The normalized spacial score (nSPS) is 33.0. The minimum atomic E-state index is -1.63. The summed E-state index contributed by atoms with van der Waals surface area (Å²) in [6, 6.07) is 0.763. The van der Waals surface area contributed by atoms with Gasteiger partial charge in [0, 0.05) is 6.08 Å². The minimum Gasteiger partial charge on any atom is -0.341 e. The Labute approximate surface area is 115 Å². The lowest BCUT2D eigenvalue weighted by Gasteiger charge is -2.41. The maximum Gasteiger partial charge on any atom is 0.212 e. The van der Waals surface area contributed by atoms with E-state index in [0.717, 1.165) is 0 Å². The standard InChI is InChI=1S/C15H20N2OSi/c1-19(2,3)18-17-14-10-6-4-8-12(14)16-13-9-5-7-11-15(13)17/h4-12,14-15H,1-3H3/p+1. The molecule has 3 rings (SSSR count). The zero-order valence-corrected chi connectivity index (χ0v) is 12.7. The lowest BCUT2D eigenvalue weighted by atomic mass is 9.95. The van der Waals surface area contributed by atoms with Crippen LogP contribution in [0.5, 0.6) is 0 Å². The number of allylic oxidation sites excluding steroid dienone is 4. The van der Waals surface area contributed by atoms with E-state index < -0.39 is 8.32 Å². The van der Waals surface area contributed by atoms with Crippen molar-refractivity contribution in [2.24, 2.45) is 0 Å². The van der Waals surface area contributed by atoms with Crippen LogP contribution < -0.4 is 4.99 Å². The van der Waals surface area contributed by atoms with Gasteiger partial charge in [0.1, 0.15) is 12.1 Å². The summed E-state index contributed by atoms with van der Waals surface area (Å²) >= 11 is 0. The Balaban J connectivity index is 1.97. The van der Waals surface area contributed by atoms with E-state index in [1.807, 2.05) is 0 Å². The van der Waals surface area contributed by atoms with Crippen LogP contribution in [-0.2, 0) is 4.53 Å². The predicted molar refractivity (Wildman–Crippen MR) is 80.2 cm³/mol. The molecule has 0 radical (unpaired) electrons. The molecule has 3 unspecified atom stereocenters. The summed E-state index contributed by atoms with van der Waals surface area (Å²) in [7, 11) is -1.63. The van der Waals surface area contributed by atoms with E-state index in [1.165, 1.54) is 5.71 Å². The zero-order valence-electron chi connectivity index (χ0n) is 11.7. The third kappa shape index (κ3) is 2.56. The van der Waals surface area contributed by atoms with Crippen LogP contribution in [0.3, 0.4) is 0 Å². The van der Waals surface area contributed by atoms with E-state index in [-0.39, 0.29) is 12.1 Å². The zero-order chi connectivity index (χ0) is 13.5. The smallest absolute Gasteiger partial charge is 0.212 e. The van der Waals surface area contributed by atoms with Gasteiger partial charge in [0.25, 0.3) is 0 Å². The SMILES string of the molecule is C[Si](C)(C)ON1C2C=CC=CC2=[NH+]C2C=CC=CC21. The minimum absolute atomic E-state index is 0.203. The van der Waals surface area contributed by atoms with E-state index in [9.17, 15) is 0 Å². The predicted octanol–water partition coefficient (Wildman–Crippen LogP) is 0.948. The highest BCUT2D eigenvalue weighted by molar-refractivity contribution is 6.69. The Morgan fingerprint density at radius 3 is 2.58 bits per heavy atom. The first-order valence-electron chi connectivity index (χ1n) is 6.85. The summed E-state index contributed by atoms with van der Waals surface area (Å²) in [5.41, 5.74) is 1.22. The van der Waals surface area contributed by atoms with Crippen LogP contribution in [0.2, 0.25) is 19.6 Å². The van der Waals surface area contributed by atoms with Crippen LogP contribution >= 0.6 is 0 Å². The largest absolute Gasteiger partial charge is 0.341 e. The van der Waals surface area contributed by atoms with E-state index in [2.05, 4.69) is 78.3 Å². The molecule has 0 aromatic carbocycles. The number of hydrogen-bond donors (Lipinski definition) is 1. The molecule has 1 heterocycles. The third-order valence-corrected chi connectivity index (χ3v) is 4.14. The van der Waals surface area contributed by atoms with Crippen molar-refractivity contribution in [3.05, 3.63) is 48.6 Å². The average molecular weight is 273 g/mol. The first-order valence-corrected chi connectivity index (χ1v) is 10.3. The number of hydrogen-bond acceptors (Lipinski definition) is 2.